The Kier molecular flexibility index (Phi) is 3.01. The van der Waals surface area contributed by atoms with E-state index in [-0.39, 0.29) is 6.10 Å². The van der Waals surface area contributed by atoms with Crippen LogP contribution in [0, 0.1) is 0 Å². The van der Waals surface area contributed by atoms with Gasteiger partial charge in [-0.1, -0.05) is 12.1 Å². The molecule has 1 aliphatic rings. The van der Waals surface area contributed by atoms with E-state index in [1.54, 1.807) is 7.11 Å². The van der Waals surface area contributed by atoms with E-state index in [2.05, 4.69) is 17.4 Å². The molecule has 1 saturated heterocycles. The molecule has 0 spiro atoms. The number of benzene rings is 1. The second-order valence-electron chi connectivity index (χ2n) is 3.34. The zero-order valence-corrected chi connectivity index (χ0v) is 8.32. The Labute approximate surface area is 84.0 Å². The minimum atomic E-state index is 0.189. The Bertz CT molecular complexity index is 278. The maximum atomic E-state index is 5.63. The van der Waals surface area contributed by atoms with Gasteiger partial charge < -0.3 is 14.8 Å². The molecule has 1 heterocycles. The highest BCUT2D eigenvalue weighted by Gasteiger charge is 2.14. The molecule has 1 unspecified atom stereocenters. The van der Waals surface area contributed by atoms with Crippen LogP contribution in [0.1, 0.15) is 11.7 Å². The first-order valence-corrected chi connectivity index (χ1v) is 4.86. The fourth-order valence-corrected chi connectivity index (χ4v) is 1.60. The van der Waals surface area contributed by atoms with E-state index in [9.17, 15) is 0 Å². The Balaban J connectivity index is 2.07. The molecule has 1 atom stereocenters. The summed E-state index contributed by atoms with van der Waals surface area (Å²) in [4.78, 5) is 0. The van der Waals surface area contributed by atoms with E-state index >= 15 is 0 Å². The summed E-state index contributed by atoms with van der Waals surface area (Å²) in [6.45, 7) is 2.63. The molecule has 14 heavy (non-hydrogen) atoms. The van der Waals surface area contributed by atoms with Crippen LogP contribution in [0.2, 0.25) is 0 Å². The summed E-state index contributed by atoms with van der Waals surface area (Å²) < 4.78 is 10.7. The highest BCUT2D eigenvalue weighted by atomic mass is 16.5. The zero-order chi connectivity index (χ0) is 9.80. The van der Waals surface area contributed by atoms with Gasteiger partial charge in [0, 0.05) is 13.1 Å². The summed E-state index contributed by atoms with van der Waals surface area (Å²) in [5.41, 5.74) is 1.21. The van der Waals surface area contributed by atoms with Crippen molar-refractivity contribution in [2.75, 3.05) is 26.8 Å². The number of rotatable bonds is 2. The van der Waals surface area contributed by atoms with Crippen molar-refractivity contribution in [1.82, 2.24) is 5.32 Å². The first-order chi connectivity index (χ1) is 6.90. The molecule has 0 radical (unpaired) electrons. The lowest BCUT2D eigenvalue weighted by Gasteiger charge is -2.23. The minimum absolute atomic E-state index is 0.189. The molecular formula is C11H15NO2. The van der Waals surface area contributed by atoms with Crippen molar-refractivity contribution in [1.29, 1.82) is 0 Å². The molecule has 0 bridgehead atoms. The van der Waals surface area contributed by atoms with Crippen LogP contribution >= 0.6 is 0 Å². The Morgan fingerprint density at radius 1 is 1.36 bits per heavy atom. The van der Waals surface area contributed by atoms with Crippen molar-refractivity contribution >= 4 is 0 Å². The number of hydrogen-bond acceptors (Lipinski definition) is 3. The molecule has 0 aliphatic carbocycles. The summed E-state index contributed by atoms with van der Waals surface area (Å²) in [5.74, 6) is 0.887. The molecule has 1 aromatic carbocycles. The lowest BCUT2D eigenvalue weighted by Crippen LogP contribution is -2.33. The van der Waals surface area contributed by atoms with Crippen LogP contribution in [0.4, 0.5) is 0 Å². The maximum Gasteiger partial charge on any atom is 0.118 e. The van der Waals surface area contributed by atoms with Crippen LogP contribution < -0.4 is 10.1 Å². The fourth-order valence-electron chi connectivity index (χ4n) is 1.60. The van der Waals surface area contributed by atoms with Crippen molar-refractivity contribution in [2.24, 2.45) is 0 Å². The smallest absolute Gasteiger partial charge is 0.118 e. The van der Waals surface area contributed by atoms with E-state index in [0.29, 0.717) is 0 Å². The average Bonchev–Trinajstić information content (AvgIpc) is 2.30. The number of ether oxygens (including phenoxy) is 2. The van der Waals surface area contributed by atoms with Crippen LogP contribution in [-0.4, -0.2) is 26.8 Å². The van der Waals surface area contributed by atoms with Crippen molar-refractivity contribution in [3.05, 3.63) is 29.8 Å². The molecule has 3 nitrogen and oxygen atoms in total. The molecule has 3 heteroatoms. The highest BCUT2D eigenvalue weighted by molar-refractivity contribution is 5.28. The average molecular weight is 193 g/mol. The third kappa shape index (κ3) is 2.05. The lowest BCUT2D eigenvalue weighted by molar-refractivity contribution is 0.0277. The second kappa shape index (κ2) is 4.44. The topological polar surface area (TPSA) is 30.5 Å². The highest BCUT2D eigenvalue weighted by Crippen LogP contribution is 2.21. The molecule has 1 fully saturated rings. The van der Waals surface area contributed by atoms with Gasteiger partial charge in [-0.25, -0.2) is 0 Å². The van der Waals surface area contributed by atoms with Crippen LogP contribution in [0.25, 0.3) is 0 Å². The van der Waals surface area contributed by atoms with Crippen molar-refractivity contribution in [2.45, 2.75) is 6.10 Å². The van der Waals surface area contributed by atoms with Gasteiger partial charge in [-0.15, -0.1) is 0 Å². The van der Waals surface area contributed by atoms with Crippen LogP contribution in [0.5, 0.6) is 5.75 Å². The number of methoxy groups -OCH3 is 1. The Morgan fingerprint density at radius 2 is 2.14 bits per heavy atom. The normalized spacial score (nSPS) is 21.9. The van der Waals surface area contributed by atoms with Gasteiger partial charge in [0.05, 0.1) is 19.8 Å². The summed E-state index contributed by atoms with van der Waals surface area (Å²) in [6, 6.07) is 8.04. The third-order valence-electron chi connectivity index (χ3n) is 2.42. The Hall–Kier alpha value is -1.06. The van der Waals surface area contributed by atoms with Gasteiger partial charge >= 0.3 is 0 Å². The quantitative estimate of drug-likeness (QED) is 0.769. The molecule has 1 aliphatic heterocycles. The number of morpholine rings is 1. The van der Waals surface area contributed by atoms with Gasteiger partial charge in [-0.2, -0.15) is 0 Å². The van der Waals surface area contributed by atoms with Gasteiger partial charge in [-0.3, -0.25) is 0 Å². The zero-order valence-electron chi connectivity index (χ0n) is 8.32. The maximum absolute atomic E-state index is 5.63. The number of hydrogen-bond donors (Lipinski definition) is 1. The second-order valence-corrected chi connectivity index (χ2v) is 3.34. The summed E-state index contributed by atoms with van der Waals surface area (Å²) in [6.07, 6.45) is 0.189. The molecule has 2 rings (SSSR count). The van der Waals surface area contributed by atoms with E-state index in [1.807, 2.05) is 12.1 Å². The monoisotopic (exact) mass is 193 g/mol. The van der Waals surface area contributed by atoms with Gasteiger partial charge in [0.2, 0.25) is 0 Å². The number of nitrogens with one attached hydrogen (secondary N) is 1. The molecule has 76 valence electrons. The van der Waals surface area contributed by atoms with Gasteiger partial charge in [0.1, 0.15) is 5.75 Å². The molecule has 0 aromatic heterocycles. The van der Waals surface area contributed by atoms with Crippen LogP contribution in [0.3, 0.4) is 0 Å². The van der Waals surface area contributed by atoms with E-state index < -0.39 is 0 Å². The van der Waals surface area contributed by atoms with Crippen molar-refractivity contribution in [3.63, 3.8) is 0 Å². The standard InChI is InChI=1S/C11H15NO2/c1-13-10-4-2-9(3-5-10)11-8-12-6-7-14-11/h2-5,11-12H,6-8H2,1H3. The van der Waals surface area contributed by atoms with Gasteiger partial charge in [-0.05, 0) is 17.7 Å². The largest absolute Gasteiger partial charge is 0.497 e. The summed E-state index contributed by atoms with van der Waals surface area (Å²) in [5, 5.41) is 3.31. The summed E-state index contributed by atoms with van der Waals surface area (Å²) >= 11 is 0. The van der Waals surface area contributed by atoms with E-state index in [4.69, 9.17) is 9.47 Å². The van der Waals surface area contributed by atoms with Crippen molar-refractivity contribution in [3.8, 4) is 5.75 Å². The molecular weight excluding hydrogens is 178 g/mol. The van der Waals surface area contributed by atoms with Gasteiger partial charge in [0.15, 0.2) is 0 Å². The molecule has 1 N–H and O–H groups in total. The molecule has 1 aromatic rings. The van der Waals surface area contributed by atoms with Gasteiger partial charge in [0.25, 0.3) is 0 Å². The molecule has 0 saturated carbocycles. The van der Waals surface area contributed by atoms with Crippen molar-refractivity contribution < 1.29 is 9.47 Å². The van der Waals surface area contributed by atoms with Crippen LogP contribution in [-0.2, 0) is 4.74 Å². The third-order valence-corrected chi connectivity index (χ3v) is 2.42. The SMILES string of the molecule is COc1ccc(C2CNCCO2)cc1. The lowest BCUT2D eigenvalue weighted by atomic mass is 10.1. The van der Waals surface area contributed by atoms with Crippen LogP contribution in [0.15, 0.2) is 24.3 Å². The minimum Gasteiger partial charge on any atom is -0.497 e. The van der Waals surface area contributed by atoms with E-state index in [1.165, 1.54) is 5.56 Å². The fraction of sp³-hybridized carbons (Fsp3) is 0.455. The first-order valence-electron chi connectivity index (χ1n) is 4.86. The summed E-state index contributed by atoms with van der Waals surface area (Å²) in [7, 11) is 1.67. The molecule has 0 amide bonds. The first kappa shape index (κ1) is 9.49. The Morgan fingerprint density at radius 3 is 2.71 bits per heavy atom. The van der Waals surface area contributed by atoms with E-state index in [0.717, 1.165) is 25.4 Å². The predicted octanol–water partition coefficient (Wildman–Crippen LogP) is 1.36. The predicted molar refractivity (Wildman–Crippen MR) is 54.6 cm³/mol.